The Morgan fingerprint density at radius 2 is 1.08 bits per heavy atom. The van der Waals surface area contributed by atoms with Gasteiger partial charge in [-0.25, -0.2) is 0 Å². The van der Waals surface area contributed by atoms with Crippen LogP contribution in [0.4, 0.5) is 17.1 Å². The standard InChI is InChI=1S/C50H49NO2/c1-48(2)44-15-11-10-14-41(44)42-29-28-40(32-45(42)48)51(39-26-24-36(25-27-39)35-12-8-7-9-13-35)46-31-34-17-21-37-20-16-33(18-22-38(46)23-19-34)30-43(37)47-52-49(3,4)50(5,6)53-47/h7-16,19-20,23-32,47H,17-18,21-22H2,1-6H3. The summed E-state index contributed by atoms with van der Waals surface area (Å²) in [6.07, 6.45) is 3.31. The van der Waals surface area contributed by atoms with Crippen LogP contribution in [0.15, 0.2) is 133 Å². The molecule has 0 aromatic heterocycles. The average molecular weight is 696 g/mol. The highest BCUT2D eigenvalue weighted by atomic mass is 16.7. The molecule has 6 aromatic rings. The van der Waals surface area contributed by atoms with E-state index >= 15 is 0 Å². The highest BCUT2D eigenvalue weighted by Gasteiger charge is 2.50. The molecule has 1 saturated heterocycles. The maximum atomic E-state index is 6.59. The SMILES string of the molecule is CC1(C)c2ccccc2-c2ccc(N(c3ccc(-c4ccccc4)cc3)c3cc4ccc3CCc3ccc(c(C5OC(C)(C)C(C)(C)O5)c3)CC4)cc21. The van der Waals surface area contributed by atoms with Gasteiger partial charge >= 0.3 is 0 Å². The van der Waals surface area contributed by atoms with Gasteiger partial charge in [-0.2, -0.15) is 0 Å². The number of hydrogen-bond acceptors (Lipinski definition) is 3. The summed E-state index contributed by atoms with van der Waals surface area (Å²) in [6, 6.07) is 50.0. The van der Waals surface area contributed by atoms with E-state index in [-0.39, 0.29) is 22.9 Å². The fraction of sp³-hybridized carbons (Fsp3) is 0.280. The van der Waals surface area contributed by atoms with E-state index in [2.05, 4.69) is 180 Å². The van der Waals surface area contributed by atoms with Crippen LogP contribution in [-0.4, -0.2) is 11.2 Å². The summed E-state index contributed by atoms with van der Waals surface area (Å²) in [4.78, 5) is 2.51. The van der Waals surface area contributed by atoms with E-state index in [0.29, 0.717) is 0 Å². The zero-order valence-electron chi connectivity index (χ0n) is 31.9. The van der Waals surface area contributed by atoms with Crippen LogP contribution in [0.3, 0.4) is 0 Å². The van der Waals surface area contributed by atoms with Gasteiger partial charge in [0.15, 0.2) is 6.29 Å². The van der Waals surface area contributed by atoms with E-state index in [0.717, 1.165) is 31.4 Å². The van der Waals surface area contributed by atoms with Crippen LogP contribution in [-0.2, 0) is 40.6 Å². The van der Waals surface area contributed by atoms with Gasteiger partial charge < -0.3 is 14.4 Å². The normalized spacial score (nSPS) is 17.9. The molecular formula is C50H49NO2. The quantitative estimate of drug-likeness (QED) is 0.179. The Hall–Kier alpha value is -4.96. The van der Waals surface area contributed by atoms with Gasteiger partial charge in [-0.1, -0.05) is 117 Å². The Labute approximate surface area is 315 Å². The maximum Gasteiger partial charge on any atom is 0.185 e. The molecule has 4 bridgehead atoms. The molecule has 3 nitrogen and oxygen atoms in total. The van der Waals surface area contributed by atoms with E-state index in [4.69, 9.17) is 9.47 Å². The smallest absolute Gasteiger partial charge is 0.185 e. The van der Waals surface area contributed by atoms with Crippen LogP contribution in [0.25, 0.3) is 22.3 Å². The van der Waals surface area contributed by atoms with Crippen LogP contribution in [0.1, 0.15) is 86.8 Å². The molecule has 0 amide bonds. The first-order valence-corrected chi connectivity index (χ1v) is 19.3. The Kier molecular flexibility index (Phi) is 8.03. The molecule has 5 aliphatic carbocycles. The van der Waals surface area contributed by atoms with Gasteiger partial charge in [0.25, 0.3) is 0 Å². The van der Waals surface area contributed by atoms with Crippen molar-refractivity contribution in [3.05, 3.63) is 172 Å². The molecule has 3 heteroatoms. The Bertz CT molecular complexity index is 2320. The van der Waals surface area contributed by atoms with E-state index in [1.165, 1.54) is 72.6 Å². The molecule has 0 radical (unpaired) electrons. The fourth-order valence-corrected chi connectivity index (χ4v) is 8.65. The van der Waals surface area contributed by atoms with Crippen LogP contribution in [0.2, 0.25) is 0 Å². The largest absolute Gasteiger partial charge is 0.339 e. The van der Waals surface area contributed by atoms with E-state index < -0.39 is 0 Å². The third-order valence-corrected chi connectivity index (χ3v) is 12.5. The maximum absolute atomic E-state index is 6.59. The highest BCUT2D eigenvalue weighted by molar-refractivity contribution is 5.86. The van der Waals surface area contributed by atoms with Crippen molar-refractivity contribution in [1.82, 2.24) is 0 Å². The number of aryl methyl sites for hydroxylation is 4. The molecule has 266 valence electrons. The molecule has 0 unspecified atom stereocenters. The number of ether oxygens (including phenoxy) is 2. The van der Waals surface area contributed by atoms with E-state index in [1.54, 1.807) is 0 Å². The lowest BCUT2D eigenvalue weighted by atomic mass is 9.82. The van der Waals surface area contributed by atoms with Crippen molar-refractivity contribution in [3.63, 3.8) is 0 Å². The second-order valence-electron chi connectivity index (χ2n) is 16.7. The number of benzene rings is 6. The predicted octanol–water partition coefficient (Wildman–Crippen LogP) is 12.6. The summed E-state index contributed by atoms with van der Waals surface area (Å²) in [6.45, 7) is 13.3. The summed E-state index contributed by atoms with van der Waals surface area (Å²) >= 11 is 0. The number of fused-ring (bicyclic) bond motifs is 3. The van der Waals surface area contributed by atoms with Crippen molar-refractivity contribution in [2.45, 2.75) is 90.1 Å². The van der Waals surface area contributed by atoms with Crippen molar-refractivity contribution in [3.8, 4) is 22.3 Å². The van der Waals surface area contributed by atoms with E-state index in [9.17, 15) is 0 Å². The molecular weight excluding hydrogens is 647 g/mol. The lowest BCUT2D eigenvalue weighted by Gasteiger charge is -2.30. The minimum atomic E-state index is -0.376. The molecule has 53 heavy (non-hydrogen) atoms. The van der Waals surface area contributed by atoms with Gasteiger partial charge in [-0.05, 0) is 139 Å². The molecule has 0 atom stereocenters. The lowest BCUT2D eigenvalue weighted by Crippen LogP contribution is -2.41. The summed E-state index contributed by atoms with van der Waals surface area (Å²) in [5.41, 5.74) is 17.1. The van der Waals surface area contributed by atoms with Gasteiger partial charge in [0.2, 0.25) is 0 Å². The fourth-order valence-electron chi connectivity index (χ4n) is 8.65. The third kappa shape index (κ3) is 5.82. The molecule has 1 aliphatic heterocycles. The lowest BCUT2D eigenvalue weighted by molar-refractivity contribution is -0.0901. The minimum Gasteiger partial charge on any atom is -0.339 e. The van der Waals surface area contributed by atoms with Crippen LogP contribution < -0.4 is 4.90 Å². The number of rotatable bonds is 5. The van der Waals surface area contributed by atoms with Gasteiger partial charge in [0.05, 0.1) is 11.2 Å². The second kappa shape index (κ2) is 12.6. The number of nitrogens with zero attached hydrogens (tertiary/aromatic N) is 1. The molecule has 1 fully saturated rings. The van der Waals surface area contributed by atoms with Crippen LogP contribution in [0.5, 0.6) is 0 Å². The molecule has 1 heterocycles. The zero-order valence-corrected chi connectivity index (χ0v) is 31.9. The van der Waals surface area contributed by atoms with Crippen LogP contribution >= 0.6 is 0 Å². The van der Waals surface area contributed by atoms with Crippen molar-refractivity contribution < 1.29 is 9.47 Å². The topological polar surface area (TPSA) is 21.7 Å². The summed E-state index contributed by atoms with van der Waals surface area (Å²) in [5.74, 6) is 0. The van der Waals surface area contributed by atoms with Crippen molar-refractivity contribution in [2.24, 2.45) is 0 Å². The summed E-state index contributed by atoms with van der Waals surface area (Å²) < 4.78 is 13.2. The van der Waals surface area contributed by atoms with Crippen molar-refractivity contribution >= 4 is 17.1 Å². The molecule has 12 rings (SSSR count). The number of hydrogen-bond donors (Lipinski definition) is 0. The van der Waals surface area contributed by atoms with Crippen molar-refractivity contribution in [2.75, 3.05) is 4.90 Å². The summed E-state index contributed by atoms with van der Waals surface area (Å²) in [7, 11) is 0. The second-order valence-corrected chi connectivity index (χ2v) is 16.7. The first kappa shape index (κ1) is 33.8. The molecule has 0 spiro atoms. The Morgan fingerprint density at radius 3 is 1.81 bits per heavy atom. The summed E-state index contributed by atoms with van der Waals surface area (Å²) in [5, 5.41) is 0. The molecule has 0 N–H and O–H groups in total. The zero-order chi connectivity index (χ0) is 36.5. The average Bonchev–Trinajstić information content (AvgIpc) is 3.52. The minimum absolute atomic E-state index is 0.0902. The van der Waals surface area contributed by atoms with Gasteiger partial charge in [-0.3, -0.25) is 0 Å². The van der Waals surface area contributed by atoms with Crippen LogP contribution in [0, 0.1) is 0 Å². The molecule has 6 aromatic carbocycles. The molecule has 0 saturated carbocycles. The third-order valence-electron chi connectivity index (χ3n) is 12.5. The Balaban J connectivity index is 1.14. The first-order chi connectivity index (χ1) is 25.5. The molecule has 6 aliphatic rings. The van der Waals surface area contributed by atoms with E-state index in [1.807, 2.05) is 0 Å². The predicted molar refractivity (Wildman–Crippen MR) is 218 cm³/mol. The monoisotopic (exact) mass is 695 g/mol. The van der Waals surface area contributed by atoms with Crippen molar-refractivity contribution in [1.29, 1.82) is 0 Å². The Morgan fingerprint density at radius 1 is 0.491 bits per heavy atom. The van der Waals surface area contributed by atoms with Gasteiger partial charge in [0, 0.05) is 28.0 Å². The van der Waals surface area contributed by atoms with Gasteiger partial charge in [0.1, 0.15) is 0 Å². The first-order valence-electron chi connectivity index (χ1n) is 19.3. The van der Waals surface area contributed by atoms with Gasteiger partial charge in [-0.15, -0.1) is 0 Å². The highest BCUT2D eigenvalue weighted by Crippen LogP contribution is 2.51. The number of anilines is 3.